The van der Waals surface area contributed by atoms with Crippen LogP contribution in [0.15, 0.2) is 42.5 Å². The molecule has 2 rings (SSSR count). The van der Waals surface area contributed by atoms with E-state index in [1.807, 2.05) is 12.1 Å². The number of esters is 1. The fraction of sp³-hybridized carbons (Fsp3) is 0.235. The first-order valence-electron chi connectivity index (χ1n) is 6.94. The monoisotopic (exact) mass is 284 g/mol. The lowest BCUT2D eigenvalue weighted by molar-refractivity contribution is 0.0601. The molecule has 0 aliphatic carbocycles. The lowest BCUT2D eigenvalue weighted by Crippen LogP contribution is -2.07. The van der Waals surface area contributed by atoms with E-state index in [2.05, 4.69) is 24.4 Å². The van der Waals surface area contributed by atoms with E-state index in [1.54, 1.807) is 18.2 Å². The molecule has 0 aromatic heterocycles. The standard InChI is InChI=1S/C17H20N2O2/c1-3-12-6-4-5-7-14(12)11-19-16-10-13(17(20)21-2)8-9-15(16)18/h4-10,19H,3,11,18H2,1-2H3. The SMILES string of the molecule is CCc1ccccc1CNc1cc(C(=O)OC)ccc1N. The van der Waals surface area contributed by atoms with E-state index in [4.69, 9.17) is 10.5 Å². The predicted octanol–water partition coefficient (Wildman–Crippen LogP) is 3.23. The van der Waals surface area contributed by atoms with Crippen molar-refractivity contribution in [3.05, 3.63) is 59.2 Å². The Balaban J connectivity index is 2.17. The van der Waals surface area contributed by atoms with Crippen molar-refractivity contribution in [3.8, 4) is 0 Å². The van der Waals surface area contributed by atoms with E-state index in [0.717, 1.165) is 12.1 Å². The van der Waals surface area contributed by atoms with Crippen LogP contribution in [0.1, 0.15) is 28.4 Å². The van der Waals surface area contributed by atoms with Gasteiger partial charge in [-0.05, 0) is 35.7 Å². The van der Waals surface area contributed by atoms with Gasteiger partial charge in [-0.1, -0.05) is 31.2 Å². The molecule has 0 amide bonds. The summed E-state index contributed by atoms with van der Waals surface area (Å²) in [6.45, 7) is 2.80. The molecule has 0 radical (unpaired) electrons. The van der Waals surface area contributed by atoms with E-state index < -0.39 is 0 Å². The van der Waals surface area contributed by atoms with Crippen LogP contribution in [0.25, 0.3) is 0 Å². The van der Waals surface area contributed by atoms with Gasteiger partial charge in [0.2, 0.25) is 0 Å². The summed E-state index contributed by atoms with van der Waals surface area (Å²) in [5, 5.41) is 3.29. The van der Waals surface area contributed by atoms with Gasteiger partial charge in [-0.2, -0.15) is 0 Å². The van der Waals surface area contributed by atoms with Gasteiger partial charge in [-0.15, -0.1) is 0 Å². The van der Waals surface area contributed by atoms with Crippen LogP contribution >= 0.6 is 0 Å². The zero-order valence-corrected chi connectivity index (χ0v) is 12.3. The summed E-state index contributed by atoms with van der Waals surface area (Å²) in [6.07, 6.45) is 0.982. The van der Waals surface area contributed by atoms with Crippen LogP contribution in [-0.4, -0.2) is 13.1 Å². The van der Waals surface area contributed by atoms with Gasteiger partial charge in [-0.3, -0.25) is 0 Å². The molecule has 0 heterocycles. The maximum Gasteiger partial charge on any atom is 0.337 e. The van der Waals surface area contributed by atoms with Crippen LogP contribution in [0.4, 0.5) is 11.4 Å². The topological polar surface area (TPSA) is 64.3 Å². The van der Waals surface area contributed by atoms with Crippen LogP contribution in [0, 0.1) is 0 Å². The van der Waals surface area contributed by atoms with Crippen molar-refractivity contribution in [2.75, 3.05) is 18.2 Å². The number of anilines is 2. The summed E-state index contributed by atoms with van der Waals surface area (Å²) in [4.78, 5) is 11.6. The van der Waals surface area contributed by atoms with E-state index >= 15 is 0 Å². The van der Waals surface area contributed by atoms with Crippen LogP contribution in [0.3, 0.4) is 0 Å². The number of nitrogens with one attached hydrogen (secondary N) is 1. The molecule has 2 aromatic carbocycles. The van der Waals surface area contributed by atoms with E-state index in [1.165, 1.54) is 18.2 Å². The van der Waals surface area contributed by atoms with Crippen LogP contribution in [0.5, 0.6) is 0 Å². The highest BCUT2D eigenvalue weighted by molar-refractivity contribution is 5.91. The lowest BCUT2D eigenvalue weighted by atomic mass is 10.1. The molecule has 0 atom stereocenters. The summed E-state index contributed by atoms with van der Waals surface area (Å²) >= 11 is 0. The number of rotatable bonds is 5. The highest BCUT2D eigenvalue weighted by Crippen LogP contribution is 2.22. The Labute approximate surface area is 124 Å². The van der Waals surface area contributed by atoms with Gasteiger partial charge in [0, 0.05) is 6.54 Å². The van der Waals surface area contributed by atoms with Crippen LogP contribution in [0.2, 0.25) is 0 Å². The molecule has 3 N–H and O–H groups in total. The number of nitrogens with two attached hydrogens (primary N) is 1. The third-order valence-electron chi connectivity index (χ3n) is 3.44. The van der Waals surface area contributed by atoms with Gasteiger partial charge in [0.1, 0.15) is 0 Å². The molecule has 0 saturated heterocycles. The van der Waals surface area contributed by atoms with Gasteiger partial charge in [0.05, 0.1) is 24.0 Å². The van der Waals surface area contributed by atoms with E-state index in [0.29, 0.717) is 17.8 Å². The zero-order valence-electron chi connectivity index (χ0n) is 12.3. The third kappa shape index (κ3) is 3.54. The first kappa shape index (κ1) is 14.9. The minimum absolute atomic E-state index is 0.369. The number of ether oxygens (including phenoxy) is 1. The van der Waals surface area contributed by atoms with Crippen molar-refractivity contribution in [2.24, 2.45) is 0 Å². The molecule has 0 fully saturated rings. The second-order valence-corrected chi connectivity index (χ2v) is 4.77. The first-order chi connectivity index (χ1) is 10.2. The number of nitrogen functional groups attached to an aromatic ring is 1. The molecular weight excluding hydrogens is 264 g/mol. The molecule has 0 saturated carbocycles. The molecule has 0 spiro atoms. The Kier molecular flexibility index (Phi) is 4.82. The number of benzene rings is 2. The van der Waals surface area contributed by atoms with E-state index in [-0.39, 0.29) is 5.97 Å². The lowest BCUT2D eigenvalue weighted by Gasteiger charge is -2.13. The van der Waals surface area contributed by atoms with Crippen molar-refractivity contribution < 1.29 is 9.53 Å². The number of carbonyl (C=O) groups excluding carboxylic acids is 1. The number of hydrogen-bond donors (Lipinski definition) is 2. The molecule has 0 bridgehead atoms. The Morgan fingerprint density at radius 1 is 1.19 bits per heavy atom. The fourth-order valence-corrected chi connectivity index (χ4v) is 2.22. The number of aryl methyl sites for hydroxylation is 1. The Morgan fingerprint density at radius 3 is 2.57 bits per heavy atom. The Hall–Kier alpha value is -2.49. The van der Waals surface area contributed by atoms with Gasteiger partial charge in [0.25, 0.3) is 0 Å². The Morgan fingerprint density at radius 2 is 1.90 bits per heavy atom. The van der Waals surface area contributed by atoms with Gasteiger partial charge < -0.3 is 15.8 Å². The van der Waals surface area contributed by atoms with Gasteiger partial charge >= 0.3 is 5.97 Å². The smallest absolute Gasteiger partial charge is 0.337 e. The quantitative estimate of drug-likeness (QED) is 0.653. The summed E-state index contributed by atoms with van der Waals surface area (Å²) < 4.78 is 4.72. The molecule has 0 unspecified atom stereocenters. The molecule has 2 aromatic rings. The van der Waals surface area contributed by atoms with Crippen LogP contribution in [-0.2, 0) is 17.7 Å². The molecule has 21 heavy (non-hydrogen) atoms. The Bertz CT molecular complexity index is 638. The highest BCUT2D eigenvalue weighted by Gasteiger charge is 2.08. The fourth-order valence-electron chi connectivity index (χ4n) is 2.22. The highest BCUT2D eigenvalue weighted by atomic mass is 16.5. The molecule has 110 valence electrons. The summed E-state index contributed by atoms with van der Waals surface area (Å²) in [7, 11) is 1.36. The number of hydrogen-bond acceptors (Lipinski definition) is 4. The number of carbonyl (C=O) groups is 1. The molecule has 0 aliphatic rings. The van der Waals surface area contributed by atoms with Crippen molar-refractivity contribution >= 4 is 17.3 Å². The molecular formula is C17H20N2O2. The zero-order chi connectivity index (χ0) is 15.2. The van der Waals surface area contributed by atoms with Gasteiger partial charge in [0.15, 0.2) is 0 Å². The van der Waals surface area contributed by atoms with Crippen molar-refractivity contribution in [1.82, 2.24) is 0 Å². The average Bonchev–Trinajstić information content (AvgIpc) is 2.53. The van der Waals surface area contributed by atoms with Crippen LogP contribution < -0.4 is 11.1 Å². The first-order valence-corrected chi connectivity index (χ1v) is 6.94. The predicted molar refractivity (Wildman–Crippen MR) is 85.3 cm³/mol. The normalized spacial score (nSPS) is 10.2. The summed E-state index contributed by atoms with van der Waals surface area (Å²) in [5.41, 5.74) is 10.3. The van der Waals surface area contributed by atoms with Gasteiger partial charge in [-0.25, -0.2) is 4.79 Å². The molecule has 4 heteroatoms. The maximum atomic E-state index is 11.6. The van der Waals surface area contributed by atoms with Crippen molar-refractivity contribution in [2.45, 2.75) is 19.9 Å². The minimum atomic E-state index is -0.369. The maximum absolute atomic E-state index is 11.6. The van der Waals surface area contributed by atoms with E-state index in [9.17, 15) is 4.79 Å². The van der Waals surface area contributed by atoms with Crippen molar-refractivity contribution in [3.63, 3.8) is 0 Å². The summed E-state index contributed by atoms with van der Waals surface area (Å²) in [5.74, 6) is -0.369. The second-order valence-electron chi connectivity index (χ2n) is 4.77. The molecule has 4 nitrogen and oxygen atoms in total. The number of methoxy groups -OCH3 is 1. The third-order valence-corrected chi connectivity index (χ3v) is 3.44. The summed E-state index contributed by atoms with van der Waals surface area (Å²) in [6, 6.07) is 13.3. The minimum Gasteiger partial charge on any atom is -0.465 e. The molecule has 0 aliphatic heterocycles. The average molecular weight is 284 g/mol. The largest absolute Gasteiger partial charge is 0.465 e. The van der Waals surface area contributed by atoms with Crippen molar-refractivity contribution in [1.29, 1.82) is 0 Å². The second kappa shape index (κ2) is 6.79.